The third-order valence-electron chi connectivity index (χ3n) is 5.50. The Balaban J connectivity index is 1.82. The Hall–Kier alpha value is -2.67. The van der Waals surface area contributed by atoms with Crippen LogP contribution in [-0.2, 0) is 6.54 Å². The van der Waals surface area contributed by atoms with E-state index in [0.29, 0.717) is 22.3 Å². The van der Waals surface area contributed by atoms with Crippen molar-refractivity contribution in [1.82, 2.24) is 19.5 Å². The van der Waals surface area contributed by atoms with Crippen LogP contribution < -0.4 is 5.73 Å². The highest BCUT2D eigenvalue weighted by atomic mass is 35.5. The molecular formula is C20H23ClN6O. The molecule has 2 aromatic heterocycles. The summed E-state index contributed by atoms with van der Waals surface area (Å²) >= 11 is 6.20. The number of imidazole rings is 1. The zero-order chi connectivity index (χ0) is 19.7. The molecule has 146 valence electrons. The highest BCUT2D eigenvalue weighted by Crippen LogP contribution is 2.32. The molecule has 0 saturated heterocycles. The van der Waals surface area contributed by atoms with E-state index in [4.69, 9.17) is 22.5 Å². The Morgan fingerprint density at radius 1 is 1.29 bits per heavy atom. The van der Waals surface area contributed by atoms with Crippen LogP contribution in [0, 0.1) is 11.8 Å². The van der Waals surface area contributed by atoms with Gasteiger partial charge < -0.3 is 15.5 Å². The van der Waals surface area contributed by atoms with Crippen LogP contribution in [0.1, 0.15) is 38.4 Å². The van der Waals surface area contributed by atoms with Crippen molar-refractivity contribution < 1.29 is 5.21 Å². The highest BCUT2D eigenvalue weighted by Gasteiger charge is 2.22. The number of amidine groups is 1. The van der Waals surface area contributed by atoms with Gasteiger partial charge in [0.05, 0.1) is 6.33 Å². The van der Waals surface area contributed by atoms with Gasteiger partial charge in [-0.2, -0.15) is 0 Å². The molecule has 1 aliphatic carbocycles. The molecule has 1 saturated carbocycles. The van der Waals surface area contributed by atoms with Crippen LogP contribution >= 0.6 is 11.6 Å². The summed E-state index contributed by atoms with van der Waals surface area (Å²) < 4.78 is 2.13. The molecule has 0 radical (unpaired) electrons. The molecule has 8 heteroatoms. The quantitative estimate of drug-likeness (QED) is 0.298. The fourth-order valence-electron chi connectivity index (χ4n) is 3.90. The molecule has 0 aliphatic heterocycles. The molecule has 1 aliphatic rings. The lowest BCUT2D eigenvalue weighted by atomic mass is 9.83. The Morgan fingerprint density at radius 3 is 2.79 bits per heavy atom. The van der Waals surface area contributed by atoms with Crippen LogP contribution in [0.4, 0.5) is 0 Å². The number of aromatic nitrogens is 4. The molecule has 4 rings (SSSR count). The molecule has 0 atom stereocenters. The van der Waals surface area contributed by atoms with E-state index < -0.39 is 0 Å². The predicted octanol–water partition coefficient (Wildman–Crippen LogP) is 4.07. The van der Waals surface area contributed by atoms with Gasteiger partial charge in [-0.1, -0.05) is 48.7 Å². The SMILES string of the molecule is C[C@H]1CC[C@H](Cn2cnc3nc(/C(N)=N/O)nc(-c4cccc(Cl)c4)c32)CC1. The summed E-state index contributed by atoms with van der Waals surface area (Å²) in [6, 6.07) is 7.47. The van der Waals surface area contributed by atoms with Gasteiger partial charge in [-0.25, -0.2) is 15.0 Å². The Morgan fingerprint density at radius 2 is 2.07 bits per heavy atom. The molecule has 0 bridgehead atoms. The van der Waals surface area contributed by atoms with Crippen LogP contribution in [0.15, 0.2) is 35.7 Å². The lowest BCUT2D eigenvalue weighted by Gasteiger charge is -2.26. The summed E-state index contributed by atoms with van der Waals surface area (Å²) in [4.78, 5) is 13.4. The van der Waals surface area contributed by atoms with E-state index in [1.54, 1.807) is 0 Å². The number of nitrogens with two attached hydrogens (primary N) is 1. The minimum Gasteiger partial charge on any atom is -0.409 e. The summed E-state index contributed by atoms with van der Waals surface area (Å²) in [6.07, 6.45) is 6.78. The first-order valence-corrected chi connectivity index (χ1v) is 9.89. The number of nitrogens with zero attached hydrogens (tertiary/aromatic N) is 5. The van der Waals surface area contributed by atoms with Crippen molar-refractivity contribution in [1.29, 1.82) is 0 Å². The standard InChI is InChI=1S/C20H23ClN6O/c1-12-5-7-13(8-6-12)10-27-11-23-19-17(27)16(14-3-2-4-15(21)9-14)24-20(25-19)18(22)26-28/h2-4,9,11-13,28H,5-8,10H2,1H3,(H2,22,26)/t12-,13-. The minimum atomic E-state index is -0.152. The average Bonchev–Trinajstić information content (AvgIpc) is 3.11. The molecule has 0 amide bonds. The smallest absolute Gasteiger partial charge is 0.208 e. The maximum atomic E-state index is 9.05. The zero-order valence-electron chi connectivity index (χ0n) is 15.7. The number of hydrogen-bond donors (Lipinski definition) is 2. The van der Waals surface area contributed by atoms with Crippen molar-refractivity contribution in [2.75, 3.05) is 0 Å². The van der Waals surface area contributed by atoms with E-state index in [-0.39, 0.29) is 11.7 Å². The monoisotopic (exact) mass is 398 g/mol. The molecule has 0 spiro atoms. The molecule has 28 heavy (non-hydrogen) atoms. The van der Waals surface area contributed by atoms with Crippen LogP contribution in [-0.4, -0.2) is 30.6 Å². The second-order valence-corrected chi connectivity index (χ2v) is 8.02. The van der Waals surface area contributed by atoms with Crippen molar-refractivity contribution >= 4 is 28.6 Å². The fourth-order valence-corrected chi connectivity index (χ4v) is 4.09. The highest BCUT2D eigenvalue weighted by molar-refractivity contribution is 6.30. The summed E-state index contributed by atoms with van der Waals surface area (Å²) in [6.45, 7) is 3.20. The zero-order valence-corrected chi connectivity index (χ0v) is 16.5. The maximum absolute atomic E-state index is 9.05. The molecule has 0 unspecified atom stereocenters. The molecule has 3 aromatic rings. The van der Waals surface area contributed by atoms with Gasteiger partial charge >= 0.3 is 0 Å². The molecule has 1 fully saturated rings. The van der Waals surface area contributed by atoms with Crippen LogP contribution in [0.2, 0.25) is 5.02 Å². The van der Waals surface area contributed by atoms with Gasteiger partial charge in [0, 0.05) is 17.1 Å². The Bertz CT molecular complexity index is 1020. The van der Waals surface area contributed by atoms with Crippen molar-refractivity contribution in [3.63, 3.8) is 0 Å². The van der Waals surface area contributed by atoms with Gasteiger partial charge in [-0.05, 0) is 36.8 Å². The molecule has 1 aromatic carbocycles. The molecule has 7 nitrogen and oxygen atoms in total. The normalized spacial score (nSPS) is 20.6. The molecule has 3 N–H and O–H groups in total. The van der Waals surface area contributed by atoms with E-state index in [9.17, 15) is 0 Å². The van der Waals surface area contributed by atoms with Crippen LogP contribution in [0.25, 0.3) is 22.4 Å². The number of oxime groups is 1. The fraction of sp³-hybridized carbons (Fsp3) is 0.400. The predicted molar refractivity (Wildman–Crippen MR) is 109 cm³/mol. The average molecular weight is 399 g/mol. The van der Waals surface area contributed by atoms with Crippen molar-refractivity contribution in [3.8, 4) is 11.3 Å². The second-order valence-electron chi connectivity index (χ2n) is 7.59. The number of halogens is 1. The molecule has 2 heterocycles. The maximum Gasteiger partial charge on any atom is 0.208 e. The summed E-state index contributed by atoms with van der Waals surface area (Å²) in [5.41, 5.74) is 8.63. The largest absolute Gasteiger partial charge is 0.409 e. The second kappa shape index (κ2) is 7.75. The minimum absolute atomic E-state index is 0.140. The third-order valence-corrected chi connectivity index (χ3v) is 5.73. The van der Waals surface area contributed by atoms with E-state index in [1.807, 2.05) is 30.6 Å². The molecular weight excluding hydrogens is 376 g/mol. The number of fused-ring (bicyclic) bond motifs is 1. The van der Waals surface area contributed by atoms with Crippen molar-refractivity contribution in [3.05, 3.63) is 41.4 Å². The Kier molecular flexibility index (Phi) is 5.17. The van der Waals surface area contributed by atoms with Crippen LogP contribution in [0.3, 0.4) is 0 Å². The first-order chi connectivity index (χ1) is 13.5. The lowest BCUT2D eigenvalue weighted by molar-refractivity contribution is 0.266. The number of hydrogen-bond acceptors (Lipinski definition) is 5. The Labute approximate surface area is 168 Å². The first kappa shape index (κ1) is 18.7. The van der Waals surface area contributed by atoms with E-state index in [1.165, 1.54) is 25.7 Å². The van der Waals surface area contributed by atoms with Crippen molar-refractivity contribution in [2.24, 2.45) is 22.7 Å². The summed E-state index contributed by atoms with van der Waals surface area (Å²) in [5, 5.41) is 12.7. The van der Waals surface area contributed by atoms with Gasteiger partial charge in [0.25, 0.3) is 0 Å². The van der Waals surface area contributed by atoms with E-state index in [2.05, 4.69) is 31.6 Å². The number of benzene rings is 1. The van der Waals surface area contributed by atoms with E-state index >= 15 is 0 Å². The lowest BCUT2D eigenvalue weighted by Crippen LogP contribution is -2.19. The summed E-state index contributed by atoms with van der Waals surface area (Å²) in [7, 11) is 0. The van der Waals surface area contributed by atoms with Crippen molar-refractivity contribution in [2.45, 2.75) is 39.2 Å². The van der Waals surface area contributed by atoms with Gasteiger partial charge in [0.15, 0.2) is 5.65 Å². The van der Waals surface area contributed by atoms with Gasteiger partial charge in [-0.3, -0.25) is 0 Å². The van der Waals surface area contributed by atoms with Crippen LogP contribution in [0.5, 0.6) is 0 Å². The number of rotatable bonds is 4. The van der Waals surface area contributed by atoms with E-state index in [0.717, 1.165) is 23.5 Å². The van der Waals surface area contributed by atoms with Gasteiger partial charge in [0.2, 0.25) is 11.7 Å². The summed E-state index contributed by atoms with van der Waals surface area (Å²) in [5.74, 6) is 1.41. The third kappa shape index (κ3) is 3.67. The van der Waals surface area contributed by atoms with Gasteiger partial charge in [0.1, 0.15) is 11.2 Å². The first-order valence-electron chi connectivity index (χ1n) is 9.52. The topological polar surface area (TPSA) is 102 Å². The van der Waals surface area contributed by atoms with Gasteiger partial charge in [-0.15, -0.1) is 0 Å².